The van der Waals surface area contributed by atoms with Gasteiger partial charge in [-0.25, -0.2) is 0 Å². The highest BCUT2D eigenvalue weighted by atomic mass is 35.5. The van der Waals surface area contributed by atoms with Crippen LogP contribution in [-0.2, 0) is 0 Å². The third kappa shape index (κ3) is 3.69. The van der Waals surface area contributed by atoms with Crippen molar-refractivity contribution in [2.24, 2.45) is 0 Å². The van der Waals surface area contributed by atoms with Crippen molar-refractivity contribution in [3.8, 4) is 0 Å². The molecule has 0 saturated carbocycles. The van der Waals surface area contributed by atoms with E-state index >= 15 is 0 Å². The van der Waals surface area contributed by atoms with Crippen molar-refractivity contribution in [1.82, 2.24) is 15.2 Å². The van der Waals surface area contributed by atoms with Gasteiger partial charge in [-0.3, -0.25) is 9.78 Å². The number of rotatable bonds is 1. The van der Waals surface area contributed by atoms with Gasteiger partial charge in [0.15, 0.2) is 0 Å². The van der Waals surface area contributed by atoms with Crippen molar-refractivity contribution in [2.45, 2.75) is 19.9 Å². The number of amides is 1. The number of fused-ring (bicyclic) bond motifs is 1. The lowest BCUT2D eigenvalue weighted by Gasteiger charge is -2.32. The van der Waals surface area contributed by atoms with Crippen LogP contribution in [0, 0.1) is 6.92 Å². The molecule has 1 aromatic heterocycles. The second-order valence-electron chi connectivity index (χ2n) is 5.43. The fourth-order valence-corrected chi connectivity index (χ4v) is 2.77. The molecule has 1 amide bonds. The summed E-state index contributed by atoms with van der Waals surface area (Å²) < 4.78 is 0. The largest absolute Gasteiger partial charge is 0.336 e. The average molecular weight is 342 g/mol. The molecule has 6 heteroatoms. The molecule has 120 valence electrons. The van der Waals surface area contributed by atoms with Gasteiger partial charge in [-0.1, -0.05) is 18.2 Å². The first-order valence-corrected chi connectivity index (χ1v) is 7.04. The number of pyridine rings is 1. The Labute approximate surface area is 143 Å². The lowest BCUT2D eigenvalue weighted by molar-refractivity contribution is 0.0711. The second-order valence-corrected chi connectivity index (χ2v) is 5.43. The lowest BCUT2D eigenvalue weighted by atomic mass is 10.1. The number of piperazine rings is 1. The zero-order valence-electron chi connectivity index (χ0n) is 12.7. The number of para-hydroxylation sites is 1. The lowest BCUT2D eigenvalue weighted by Crippen LogP contribution is -2.51. The molecule has 1 fully saturated rings. The molecular formula is C16H21Cl2N3O. The van der Waals surface area contributed by atoms with Gasteiger partial charge in [0.2, 0.25) is 0 Å². The average Bonchev–Trinajstić information content (AvgIpc) is 2.45. The molecule has 0 radical (unpaired) electrons. The Kier molecular flexibility index (Phi) is 6.60. The molecule has 2 heterocycles. The first kappa shape index (κ1) is 18.7. The van der Waals surface area contributed by atoms with Gasteiger partial charge in [0, 0.05) is 36.8 Å². The highest BCUT2D eigenvalue weighted by Crippen LogP contribution is 2.20. The van der Waals surface area contributed by atoms with E-state index in [1.165, 1.54) is 0 Å². The summed E-state index contributed by atoms with van der Waals surface area (Å²) in [5, 5.41) is 4.30. The number of halogens is 2. The van der Waals surface area contributed by atoms with Crippen LogP contribution in [0.1, 0.15) is 23.0 Å². The molecule has 4 nitrogen and oxygen atoms in total. The molecule has 22 heavy (non-hydrogen) atoms. The fourth-order valence-electron chi connectivity index (χ4n) is 2.77. The smallest absolute Gasteiger partial charge is 0.254 e. The predicted molar refractivity (Wildman–Crippen MR) is 94.3 cm³/mol. The Morgan fingerprint density at radius 2 is 2.05 bits per heavy atom. The number of nitrogens with one attached hydrogen (secondary N) is 1. The Balaban J connectivity index is 0.00000121. The number of aryl methyl sites for hydroxylation is 1. The van der Waals surface area contributed by atoms with Crippen LogP contribution >= 0.6 is 24.8 Å². The van der Waals surface area contributed by atoms with Crippen molar-refractivity contribution in [1.29, 1.82) is 0 Å². The van der Waals surface area contributed by atoms with E-state index < -0.39 is 0 Å². The number of hydrogen-bond donors (Lipinski definition) is 1. The van der Waals surface area contributed by atoms with Crippen LogP contribution in [-0.4, -0.2) is 41.5 Å². The minimum absolute atomic E-state index is 0. The molecule has 2 aromatic rings. The topological polar surface area (TPSA) is 45.2 Å². The quantitative estimate of drug-likeness (QED) is 0.867. The van der Waals surface area contributed by atoms with E-state index in [9.17, 15) is 4.79 Å². The summed E-state index contributed by atoms with van der Waals surface area (Å²) in [6, 6.07) is 10.1. The zero-order chi connectivity index (χ0) is 14.1. The number of hydrogen-bond acceptors (Lipinski definition) is 3. The van der Waals surface area contributed by atoms with Gasteiger partial charge < -0.3 is 10.2 Å². The van der Waals surface area contributed by atoms with Crippen molar-refractivity contribution in [3.05, 3.63) is 41.6 Å². The maximum atomic E-state index is 12.8. The highest BCUT2D eigenvalue weighted by molar-refractivity contribution is 6.06. The third-order valence-electron chi connectivity index (χ3n) is 3.73. The van der Waals surface area contributed by atoms with Crippen LogP contribution in [0.2, 0.25) is 0 Å². The summed E-state index contributed by atoms with van der Waals surface area (Å²) >= 11 is 0. The van der Waals surface area contributed by atoms with Gasteiger partial charge in [0.1, 0.15) is 0 Å². The van der Waals surface area contributed by atoms with Crippen LogP contribution in [0.4, 0.5) is 0 Å². The summed E-state index contributed by atoms with van der Waals surface area (Å²) in [5.74, 6) is 0.111. The van der Waals surface area contributed by atoms with Crippen LogP contribution in [0.5, 0.6) is 0 Å². The number of benzene rings is 1. The molecule has 1 aliphatic heterocycles. The normalized spacial score (nSPS) is 17.5. The fraction of sp³-hybridized carbons (Fsp3) is 0.375. The molecule has 0 unspecified atom stereocenters. The molecular weight excluding hydrogens is 321 g/mol. The first-order chi connectivity index (χ1) is 9.65. The van der Waals surface area contributed by atoms with E-state index in [0.29, 0.717) is 6.04 Å². The summed E-state index contributed by atoms with van der Waals surface area (Å²) in [6.45, 7) is 6.42. The van der Waals surface area contributed by atoms with E-state index in [1.54, 1.807) is 0 Å². The van der Waals surface area contributed by atoms with Crippen molar-refractivity contribution < 1.29 is 4.79 Å². The Morgan fingerprint density at radius 1 is 1.32 bits per heavy atom. The maximum absolute atomic E-state index is 12.8. The van der Waals surface area contributed by atoms with Gasteiger partial charge in [-0.2, -0.15) is 0 Å². The molecule has 0 spiro atoms. The van der Waals surface area contributed by atoms with E-state index in [2.05, 4.69) is 17.2 Å². The van der Waals surface area contributed by atoms with Crippen molar-refractivity contribution in [2.75, 3.05) is 19.6 Å². The second kappa shape index (κ2) is 7.77. The van der Waals surface area contributed by atoms with Gasteiger partial charge in [-0.15, -0.1) is 24.8 Å². The number of aromatic nitrogens is 1. The minimum Gasteiger partial charge on any atom is -0.336 e. The van der Waals surface area contributed by atoms with Gasteiger partial charge in [-0.05, 0) is 26.0 Å². The standard InChI is InChI=1S/C16H19N3O.2ClH/c1-11-9-14(13-5-3-4-6-15(13)18-11)16(20)19-8-7-17-12(2)10-19;;/h3-6,9,12,17H,7-8,10H2,1-2H3;2*1H/t12-;;/m1../s1. The highest BCUT2D eigenvalue weighted by Gasteiger charge is 2.23. The molecule has 1 aliphatic rings. The Bertz CT molecular complexity index is 663. The van der Waals surface area contributed by atoms with Crippen molar-refractivity contribution >= 4 is 41.6 Å². The summed E-state index contributed by atoms with van der Waals surface area (Å²) in [4.78, 5) is 19.2. The molecule has 0 bridgehead atoms. The SMILES string of the molecule is Cc1cc(C(=O)N2CCN[C@H](C)C2)c2ccccc2n1.Cl.Cl. The minimum atomic E-state index is 0. The Morgan fingerprint density at radius 3 is 2.77 bits per heavy atom. The van der Waals surface area contributed by atoms with Crippen LogP contribution in [0.25, 0.3) is 10.9 Å². The zero-order valence-corrected chi connectivity index (χ0v) is 14.3. The van der Waals surface area contributed by atoms with Crippen LogP contribution in [0.15, 0.2) is 30.3 Å². The van der Waals surface area contributed by atoms with Gasteiger partial charge >= 0.3 is 0 Å². The number of carbonyl (C=O) groups is 1. The van der Waals surface area contributed by atoms with E-state index in [1.807, 2.05) is 42.2 Å². The molecule has 0 aliphatic carbocycles. The van der Waals surface area contributed by atoms with E-state index in [0.717, 1.165) is 41.8 Å². The van der Waals surface area contributed by atoms with Crippen LogP contribution < -0.4 is 5.32 Å². The first-order valence-electron chi connectivity index (χ1n) is 7.04. The molecule has 1 saturated heterocycles. The van der Waals surface area contributed by atoms with Crippen molar-refractivity contribution in [3.63, 3.8) is 0 Å². The molecule has 1 atom stereocenters. The van der Waals surface area contributed by atoms with E-state index in [-0.39, 0.29) is 30.7 Å². The molecule has 3 rings (SSSR count). The summed E-state index contributed by atoms with van der Waals surface area (Å²) in [7, 11) is 0. The molecule has 1 N–H and O–H groups in total. The van der Waals surface area contributed by atoms with E-state index in [4.69, 9.17) is 0 Å². The summed E-state index contributed by atoms with van der Waals surface area (Å²) in [6.07, 6.45) is 0. The maximum Gasteiger partial charge on any atom is 0.254 e. The number of carbonyl (C=O) groups excluding carboxylic acids is 1. The number of nitrogens with zero attached hydrogens (tertiary/aromatic N) is 2. The predicted octanol–water partition coefficient (Wildman–Crippen LogP) is 2.82. The van der Waals surface area contributed by atoms with Gasteiger partial charge in [0.25, 0.3) is 5.91 Å². The van der Waals surface area contributed by atoms with Crippen LogP contribution in [0.3, 0.4) is 0 Å². The Hall–Kier alpha value is -1.36. The summed E-state index contributed by atoms with van der Waals surface area (Å²) in [5.41, 5.74) is 2.54. The third-order valence-corrected chi connectivity index (χ3v) is 3.73. The van der Waals surface area contributed by atoms with Gasteiger partial charge in [0.05, 0.1) is 11.1 Å². The molecule has 1 aromatic carbocycles. The monoisotopic (exact) mass is 341 g/mol.